The minimum absolute atomic E-state index is 0.262. The van der Waals surface area contributed by atoms with Crippen molar-refractivity contribution in [1.29, 1.82) is 0 Å². The number of hydrogen-bond donors (Lipinski definition) is 4. The molecule has 0 aliphatic carbocycles. The zero-order valence-electron chi connectivity index (χ0n) is 14.4. The van der Waals surface area contributed by atoms with Gasteiger partial charge in [0, 0.05) is 12.4 Å². The summed E-state index contributed by atoms with van der Waals surface area (Å²) in [5, 5.41) is 13.6. The van der Waals surface area contributed by atoms with Crippen LogP contribution >= 0.6 is 0 Å². The highest BCUT2D eigenvalue weighted by atomic mass is 16.5. The molecule has 24 heavy (non-hydrogen) atoms. The number of H-pyrrole nitrogens is 1. The number of aromatic nitrogens is 3. The summed E-state index contributed by atoms with van der Waals surface area (Å²) in [6.45, 7) is 7.85. The molecule has 0 radical (unpaired) electrons. The van der Waals surface area contributed by atoms with Crippen molar-refractivity contribution in [3.8, 4) is 5.88 Å². The minimum atomic E-state index is -0.886. The molecule has 0 unspecified atom stereocenters. The topological polar surface area (TPSA) is 121 Å². The number of ether oxygens (including phenoxy) is 1. The second-order valence-corrected chi connectivity index (χ2v) is 5.94. The van der Waals surface area contributed by atoms with E-state index in [-0.39, 0.29) is 6.54 Å². The maximum atomic E-state index is 9.78. The molecule has 0 bridgehead atoms. The Morgan fingerprint density at radius 2 is 2.25 bits per heavy atom. The van der Waals surface area contributed by atoms with Crippen molar-refractivity contribution < 1.29 is 9.84 Å². The van der Waals surface area contributed by atoms with Crippen molar-refractivity contribution in [1.82, 2.24) is 15.0 Å². The number of rotatable bonds is 7. The molecule has 0 saturated heterocycles. The summed E-state index contributed by atoms with van der Waals surface area (Å²) in [6.07, 6.45) is 3.17. The molecule has 130 valence electrons. The summed E-state index contributed by atoms with van der Waals surface area (Å²) in [7, 11) is 0. The molecule has 0 aromatic carbocycles. The average Bonchev–Trinajstić information content (AvgIpc) is 2.98. The molecule has 0 amide bonds. The first-order valence-electron chi connectivity index (χ1n) is 7.74. The van der Waals surface area contributed by atoms with Gasteiger partial charge in [-0.15, -0.1) is 0 Å². The highest BCUT2D eigenvalue weighted by molar-refractivity contribution is 6.00. The fourth-order valence-corrected chi connectivity index (χ4v) is 1.99. The first-order chi connectivity index (χ1) is 11.3. The fraction of sp³-hybridized carbons (Fsp3) is 0.438. The van der Waals surface area contributed by atoms with E-state index < -0.39 is 5.60 Å². The van der Waals surface area contributed by atoms with Crippen LogP contribution in [0.5, 0.6) is 5.88 Å². The number of anilines is 1. The number of nitrogens with one attached hydrogen (secondary N) is 2. The van der Waals surface area contributed by atoms with Crippen LogP contribution in [0.25, 0.3) is 11.0 Å². The summed E-state index contributed by atoms with van der Waals surface area (Å²) in [6, 6.07) is 1.86. The first-order valence-corrected chi connectivity index (χ1v) is 7.74. The highest BCUT2D eigenvalue weighted by Crippen LogP contribution is 2.23. The lowest BCUT2D eigenvalue weighted by Crippen LogP contribution is -2.24. The smallest absolute Gasteiger partial charge is 0.232 e. The Hall–Kier alpha value is -2.61. The Morgan fingerprint density at radius 3 is 2.88 bits per heavy atom. The fourth-order valence-electron chi connectivity index (χ4n) is 1.99. The number of nitrogens with zero attached hydrogens (tertiary/aromatic N) is 3. The second kappa shape index (κ2) is 7.31. The Balaban J connectivity index is 2.26. The summed E-state index contributed by atoms with van der Waals surface area (Å²) >= 11 is 0. The van der Waals surface area contributed by atoms with E-state index >= 15 is 0 Å². The Labute approximate surface area is 140 Å². The van der Waals surface area contributed by atoms with Gasteiger partial charge in [0.05, 0.1) is 35.5 Å². The van der Waals surface area contributed by atoms with Crippen LogP contribution in [0.1, 0.15) is 27.7 Å². The van der Waals surface area contributed by atoms with Crippen molar-refractivity contribution in [2.24, 2.45) is 10.7 Å². The molecular weight excluding hydrogens is 308 g/mol. The lowest BCUT2D eigenvalue weighted by molar-refractivity contribution is 0.0904. The van der Waals surface area contributed by atoms with Crippen LogP contribution < -0.4 is 15.8 Å². The van der Waals surface area contributed by atoms with Crippen molar-refractivity contribution in [2.75, 3.05) is 18.5 Å². The summed E-state index contributed by atoms with van der Waals surface area (Å²) < 4.78 is 5.56. The van der Waals surface area contributed by atoms with Crippen molar-refractivity contribution in [3.63, 3.8) is 0 Å². The predicted molar refractivity (Wildman–Crippen MR) is 95.2 cm³/mol. The van der Waals surface area contributed by atoms with Crippen LogP contribution in [0.15, 0.2) is 29.2 Å². The minimum Gasteiger partial charge on any atom is -0.477 e. The highest BCUT2D eigenvalue weighted by Gasteiger charge is 2.14. The molecule has 0 spiro atoms. The van der Waals surface area contributed by atoms with Gasteiger partial charge in [0.2, 0.25) is 11.8 Å². The maximum absolute atomic E-state index is 9.78. The number of aromatic amines is 1. The maximum Gasteiger partial charge on any atom is 0.232 e. The first kappa shape index (κ1) is 17.7. The SMILES string of the molecule is CCOc1nc(NC(=CN)C(C)=NCC(C)(C)O)nc2[nH]ccc12. The van der Waals surface area contributed by atoms with Crippen LogP contribution in [-0.4, -0.2) is 44.5 Å². The van der Waals surface area contributed by atoms with E-state index in [0.29, 0.717) is 35.5 Å². The van der Waals surface area contributed by atoms with Crippen molar-refractivity contribution in [2.45, 2.75) is 33.3 Å². The lowest BCUT2D eigenvalue weighted by Gasteiger charge is -2.15. The number of nitrogens with two attached hydrogens (primary N) is 1. The van der Waals surface area contributed by atoms with Gasteiger partial charge >= 0.3 is 0 Å². The van der Waals surface area contributed by atoms with Crippen LogP contribution in [0, 0.1) is 0 Å². The zero-order valence-corrected chi connectivity index (χ0v) is 14.4. The van der Waals surface area contributed by atoms with E-state index in [1.54, 1.807) is 27.0 Å². The van der Waals surface area contributed by atoms with E-state index in [4.69, 9.17) is 10.5 Å². The summed E-state index contributed by atoms with van der Waals surface area (Å²) in [4.78, 5) is 16.1. The van der Waals surface area contributed by atoms with Gasteiger partial charge < -0.3 is 25.9 Å². The van der Waals surface area contributed by atoms with Gasteiger partial charge in [-0.3, -0.25) is 4.99 Å². The molecule has 2 aromatic heterocycles. The van der Waals surface area contributed by atoms with Gasteiger partial charge in [-0.25, -0.2) is 0 Å². The third-order valence-electron chi connectivity index (χ3n) is 3.17. The predicted octanol–water partition coefficient (Wildman–Crippen LogP) is 1.80. The molecule has 0 aliphatic heterocycles. The molecule has 2 rings (SSSR count). The van der Waals surface area contributed by atoms with Gasteiger partial charge in [0.1, 0.15) is 5.65 Å². The van der Waals surface area contributed by atoms with E-state index in [2.05, 4.69) is 25.3 Å². The Bertz CT molecular complexity index is 758. The van der Waals surface area contributed by atoms with Gasteiger partial charge in [-0.05, 0) is 33.8 Å². The largest absolute Gasteiger partial charge is 0.477 e. The number of hydrogen-bond acceptors (Lipinski definition) is 7. The van der Waals surface area contributed by atoms with Crippen LogP contribution in [0.4, 0.5) is 5.95 Å². The van der Waals surface area contributed by atoms with E-state index in [1.807, 2.05) is 13.0 Å². The summed E-state index contributed by atoms with van der Waals surface area (Å²) in [5.41, 5.74) is 6.68. The molecule has 0 atom stereocenters. The third-order valence-corrected chi connectivity index (χ3v) is 3.17. The van der Waals surface area contributed by atoms with Gasteiger partial charge in [0.15, 0.2) is 0 Å². The molecule has 0 aliphatic rings. The number of allylic oxidation sites excluding steroid dienone is 1. The summed E-state index contributed by atoms with van der Waals surface area (Å²) in [5.74, 6) is 0.844. The van der Waals surface area contributed by atoms with E-state index in [0.717, 1.165) is 5.39 Å². The molecule has 2 heterocycles. The van der Waals surface area contributed by atoms with Gasteiger partial charge in [0.25, 0.3) is 0 Å². The molecule has 8 heteroatoms. The zero-order chi connectivity index (χ0) is 17.7. The third kappa shape index (κ3) is 4.45. The Kier molecular flexibility index (Phi) is 5.40. The number of aliphatic imine (C=N–C) groups is 1. The molecule has 8 nitrogen and oxygen atoms in total. The quantitative estimate of drug-likeness (QED) is 0.574. The van der Waals surface area contributed by atoms with Gasteiger partial charge in [-0.2, -0.15) is 9.97 Å². The second-order valence-electron chi connectivity index (χ2n) is 5.94. The van der Waals surface area contributed by atoms with Crippen molar-refractivity contribution in [3.05, 3.63) is 24.2 Å². The standard InChI is InChI=1S/C16H24N6O2/c1-5-24-14-11-6-7-18-13(11)21-15(22-14)20-12(8-17)10(2)19-9-16(3,4)23/h6-8,23H,5,9,17H2,1-4H3,(H2,18,20,21,22). The molecule has 2 aromatic rings. The Morgan fingerprint density at radius 1 is 1.50 bits per heavy atom. The van der Waals surface area contributed by atoms with E-state index in [1.165, 1.54) is 6.20 Å². The van der Waals surface area contributed by atoms with Crippen LogP contribution in [0.2, 0.25) is 0 Å². The normalized spacial score (nSPS) is 13.4. The molecule has 0 saturated carbocycles. The van der Waals surface area contributed by atoms with Crippen LogP contribution in [0.3, 0.4) is 0 Å². The monoisotopic (exact) mass is 332 g/mol. The lowest BCUT2D eigenvalue weighted by atomic mass is 10.1. The van der Waals surface area contributed by atoms with E-state index in [9.17, 15) is 5.11 Å². The average molecular weight is 332 g/mol. The van der Waals surface area contributed by atoms with Crippen LogP contribution in [-0.2, 0) is 0 Å². The number of fused-ring (bicyclic) bond motifs is 1. The molecular formula is C16H24N6O2. The number of aliphatic hydroxyl groups is 1. The van der Waals surface area contributed by atoms with Crippen molar-refractivity contribution >= 4 is 22.7 Å². The van der Waals surface area contributed by atoms with Gasteiger partial charge in [-0.1, -0.05) is 0 Å². The molecule has 5 N–H and O–H groups in total. The molecule has 0 fully saturated rings.